The smallest absolute Gasteiger partial charge is 0.273 e. The zero-order valence-corrected chi connectivity index (χ0v) is 17.0. The second kappa shape index (κ2) is 9.69. The number of para-hydroxylation sites is 2. The van der Waals surface area contributed by atoms with Crippen molar-refractivity contribution in [2.45, 2.75) is 25.9 Å². The van der Waals surface area contributed by atoms with Gasteiger partial charge in [-0.1, -0.05) is 24.3 Å². The normalized spacial score (nSPS) is 10.6. The standard InChI is InChI=1S/C22H24N4O4/c1-23-20(27)12-11-18-22(29)26(19-6-4-3-5-17(19)25-18)14-21(28)24-13-15-7-9-16(30-2)10-8-15/h3-10H,11-14H2,1-2H3,(H,23,27)(H,24,28). The van der Waals surface area contributed by atoms with Crippen molar-refractivity contribution in [1.82, 2.24) is 20.2 Å². The second-order valence-corrected chi connectivity index (χ2v) is 6.74. The van der Waals surface area contributed by atoms with E-state index in [9.17, 15) is 14.4 Å². The van der Waals surface area contributed by atoms with Crippen LogP contribution >= 0.6 is 0 Å². The van der Waals surface area contributed by atoms with Gasteiger partial charge in [0, 0.05) is 26.4 Å². The number of rotatable bonds is 8. The predicted octanol–water partition coefficient (Wildman–Crippen LogP) is 1.40. The van der Waals surface area contributed by atoms with Crippen LogP contribution in [0.5, 0.6) is 5.75 Å². The first-order chi connectivity index (χ1) is 14.5. The van der Waals surface area contributed by atoms with Crippen LogP contribution in [0.15, 0.2) is 53.3 Å². The van der Waals surface area contributed by atoms with Gasteiger partial charge in [-0.25, -0.2) is 4.98 Å². The molecule has 0 aliphatic heterocycles. The molecule has 3 rings (SSSR count). The number of nitrogens with zero attached hydrogens (tertiary/aromatic N) is 2. The Morgan fingerprint density at radius 2 is 1.80 bits per heavy atom. The van der Waals surface area contributed by atoms with Crippen molar-refractivity contribution in [1.29, 1.82) is 0 Å². The summed E-state index contributed by atoms with van der Waals surface area (Å²) < 4.78 is 6.53. The monoisotopic (exact) mass is 408 g/mol. The van der Waals surface area contributed by atoms with Gasteiger partial charge in [-0.3, -0.25) is 19.0 Å². The van der Waals surface area contributed by atoms with E-state index >= 15 is 0 Å². The highest BCUT2D eigenvalue weighted by Gasteiger charge is 2.14. The zero-order chi connectivity index (χ0) is 21.5. The molecule has 156 valence electrons. The molecule has 0 aliphatic carbocycles. The van der Waals surface area contributed by atoms with Crippen LogP contribution in [-0.2, 0) is 29.1 Å². The number of carbonyl (C=O) groups excluding carboxylic acids is 2. The van der Waals surface area contributed by atoms with E-state index in [1.54, 1.807) is 32.4 Å². The van der Waals surface area contributed by atoms with E-state index in [1.165, 1.54) is 4.57 Å². The van der Waals surface area contributed by atoms with Crippen molar-refractivity contribution in [3.8, 4) is 5.75 Å². The summed E-state index contributed by atoms with van der Waals surface area (Å²) in [5.74, 6) is 0.277. The lowest BCUT2D eigenvalue weighted by molar-refractivity contribution is -0.122. The van der Waals surface area contributed by atoms with Crippen LogP contribution in [0.1, 0.15) is 17.7 Å². The molecule has 2 amide bonds. The molecule has 0 aliphatic rings. The first-order valence-electron chi connectivity index (χ1n) is 9.60. The molecule has 0 bridgehead atoms. The fraction of sp³-hybridized carbons (Fsp3) is 0.273. The summed E-state index contributed by atoms with van der Waals surface area (Å²) in [5, 5.41) is 5.36. The van der Waals surface area contributed by atoms with Gasteiger partial charge >= 0.3 is 0 Å². The van der Waals surface area contributed by atoms with E-state index in [4.69, 9.17) is 4.74 Å². The zero-order valence-electron chi connectivity index (χ0n) is 17.0. The first kappa shape index (κ1) is 21.0. The van der Waals surface area contributed by atoms with Gasteiger partial charge in [-0.15, -0.1) is 0 Å². The predicted molar refractivity (Wildman–Crippen MR) is 113 cm³/mol. The molecule has 2 aromatic carbocycles. The summed E-state index contributed by atoms with van der Waals surface area (Å²) in [5.41, 5.74) is 2.00. The molecule has 0 saturated heterocycles. The van der Waals surface area contributed by atoms with Gasteiger partial charge in [0.05, 0.1) is 18.1 Å². The Hall–Kier alpha value is -3.68. The topological polar surface area (TPSA) is 102 Å². The minimum Gasteiger partial charge on any atom is -0.497 e. The Morgan fingerprint density at radius 3 is 2.50 bits per heavy atom. The van der Waals surface area contributed by atoms with Gasteiger partial charge < -0.3 is 15.4 Å². The van der Waals surface area contributed by atoms with Crippen molar-refractivity contribution in [3.05, 3.63) is 70.1 Å². The number of hydrogen-bond acceptors (Lipinski definition) is 5. The van der Waals surface area contributed by atoms with E-state index in [2.05, 4.69) is 15.6 Å². The molecule has 0 saturated carbocycles. The van der Waals surface area contributed by atoms with E-state index in [-0.39, 0.29) is 42.5 Å². The number of ether oxygens (including phenoxy) is 1. The Labute approximate surface area is 173 Å². The summed E-state index contributed by atoms with van der Waals surface area (Å²) in [4.78, 5) is 41.5. The number of nitrogens with one attached hydrogen (secondary N) is 2. The summed E-state index contributed by atoms with van der Waals surface area (Å²) in [6.45, 7) is 0.203. The van der Waals surface area contributed by atoms with Crippen LogP contribution in [0.2, 0.25) is 0 Å². The van der Waals surface area contributed by atoms with E-state index in [1.807, 2.05) is 30.3 Å². The number of amides is 2. The van der Waals surface area contributed by atoms with Crippen molar-refractivity contribution < 1.29 is 14.3 Å². The van der Waals surface area contributed by atoms with Crippen LogP contribution in [0.25, 0.3) is 11.0 Å². The highest BCUT2D eigenvalue weighted by atomic mass is 16.5. The van der Waals surface area contributed by atoms with Crippen LogP contribution < -0.4 is 20.9 Å². The van der Waals surface area contributed by atoms with Crippen LogP contribution in [0, 0.1) is 0 Å². The molecular weight excluding hydrogens is 384 g/mol. The molecular formula is C22H24N4O4. The van der Waals surface area contributed by atoms with E-state index < -0.39 is 0 Å². The fourth-order valence-corrected chi connectivity index (χ4v) is 3.07. The summed E-state index contributed by atoms with van der Waals surface area (Å²) >= 11 is 0. The number of aryl methyl sites for hydroxylation is 1. The lowest BCUT2D eigenvalue weighted by Gasteiger charge is -2.12. The van der Waals surface area contributed by atoms with Gasteiger partial charge in [0.25, 0.3) is 5.56 Å². The molecule has 8 nitrogen and oxygen atoms in total. The van der Waals surface area contributed by atoms with Crippen LogP contribution in [-0.4, -0.2) is 35.5 Å². The Bertz CT molecular complexity index is 1110. The molecule has 3 aromatic rings. The Morgan fingerprint density at radius 1 is 1.07 bits per heavy atom. The third-order valence-corrected chi connectivity index (χ3v) is 4.74. The SMILES string of the molecule is CNC(=O)CCc1nc2ccccc2n(CC(=O)NCc2ccc(OC)cc2)c1=O. The third-order valence-electron chi connectivity index (χ3n) is 4.74. The molecule has 1 aromatic heterocycles. The quantitative estimate of drug-likeness (QED) is 0.587. The van der Waals surface area contributed by atoms with E-state index in [0.717, 1.165) is 11.3 Å². The molecule has 0 unspecified atom stereocenters. The maximum atomic E-state index is 12.9. The molecule has 0 radical (unpaired) electrons. The van der Waals surface area contributed by atoms with Crippen molar-refractivity contribution in [2.75, 3.05) is 14.2 Å². The van der Waals surface area contributed by atoms with Crippen molar-refractivity contribution >= 4 is 22.8 Å². The summed E-state index contributed by atoms with van der Waals surface area (Å²) in [6, 6.07) is 14.5. The number of hydrogen-bond donors (Lipinski definition) is 2. The van der Waals surface area contributed by atoms with Crippen LogP contribution in [0.4, 0.5) is 0 Å². The highest BCUT2D eigenvalue weighted by Crippen LogP contribution is 2.12. The summed E-state index contributed by atoms with van der Waals surface area (Å²) in [6.07, 6.45) is 0.359. The van der Waals surface area contributed by atoms with Gasteiger partial charge in [-0.2, -0.15) is 0 Å². The highest BCUT2D eigenvalue weighted by molar-refractivity contribution is 5.80. The average Bonchev–Trinajstić information content (AvgIpc) is 2.78. The Kier molecular flexibility index (Phi) is 6.79. The maximum absolute atomic E-state index is 12.9. The largest absolute Gasteiger partial charge is 0.497 e. The first-order valence-corrected chi connectivity index (χ1v) is 9.60. The molecule has 0 spiro atoms. The minimum atomic E-state index is -0.364. The van der Waals surface area contributed by atoms with Gasteiger partial charge in [-0.05, 0) is 29.8 Å². The third kappa shape index (κ3) is 5.02. The van der Waals surface area contributed by atoms with Crippen molar-refractivity contribution in [2.24, 2.45) is 0 Å². The number of benzene rings is 2. The number of fused-ring (bicyclic) bond motifs is 1. The van der Waals surface area contributed by atoms with Gasteiger partial charge in [0.1, 0.15) is 18.0 Å². The Balaban J connectivity index is 1.79. The number of methoxy groups -OCH3 is 1. The minimum absolute atomic E-state index is 0.134. The second-order valence-electron chi connectivity index (χ2n) is 6.74. The maximum Gasteiger partial charge on any atom is 0.273 e. The van der Waals surface area contributed by atoms with Crippen LogP contribution in [0.3, 0.4) is 0 Å². The van der Waals surface area contributed by atoms with Gasteiger partial charge in [0.15, 0.2) is 0 Å². The van der Waals surface area contributed by atoms with Crippen molar-refractivity contribution in [3.63, 3.8) is 0 Å². The summed E-state index contributed by atoms with van der Waals surface area (Å²) in [7, 11) is 3.14. The molecule has 2 N–H and O–H groups in total. The lowest BCUT2D eigenvalue weighted by Crippen LogP contribution is -2.34. The number of aromatic nitrogens is 2. The molecule has 0 atom stereocenters. The molecule has 1 heterocycles. The van der Waals surface area contributed by atoms with E-state index in [0.29, 0.717) is 17.6 Å². The molecule has 0 fully saturated rings. The molecule has 30 heavy (non-hydrogen) atoms. The van der Waals surface area contributed by atoms with Gasteiger partial charge in [0.2, 0.25) is 11.8 Å². The number of carbonyl (C=O) groups is 2. The fourth-order valence-electron chi connectivity index (χ4n) is 3.07. The molecule has 8 heteroatoms. The lowest BCUT2D eigenvalue weighted by atomic mass is 10.2. The average molecular weight is 408 g/mol.